The zero-order valence-electron chi connectivity index (χ0n) is 15.7. The summed E-state index contributed by atoms with van der Waals surface area (Å²) in [6.07, 6.45) is 15.4. The molecule has 0 amide bonds. The predicted octanol–water partition coefficient (Wildman–Crippen LogP) is 7.16. The van der Waals surface area contributed by atoms with Gasteiger partial charge in [-0.05, 0) is 43.7 Å². The molecule has 0 spiro atoms. The fourth-order valence-electron chi connectivity index (χ4n) is 3.66. The first-order valence-electron chi connectivity index (χ1n) is 9.96. The zero-order valence-corrected chi connectivity index (χ0v) is 15.7. The van der Waals surface area contributed by atoms with Crippen molar-refractivity contribution < 1.29 is 13.5 Å². The fourth-order valence-corrected chi connectivity index (χ4v) is 3.66. The molecular weight excluding hydrogens is 318 g/mol. The van der Waals surface area contributed by atoms with Crippen molar-refractivity contribution in [1.82, 2.24) is 0 Å². The maximum absolute atomic E-state index is 14.3. The van der Waals surface area contributed by atoms with Crippen LogP contribution in [-0.4, -0.2) is 6.61 Å². The number of hydrogen-bond acceptors (Lipinski definition) is 1. The first-order valence-corrected chi connectivity index (χ1v) is 9.96. The van der Waals surface area contributed by atoms with E-state index in [1.807, 2.05) is 0 Å². The second-order valence-corrected chi connectivity index (χ2v) is 7.10. The van der Waals surface area contributed by atoms with Crippen LogP contribution < -0.4 is 4.74 Å². The third kappa shape index (κ3) is 5.83. The highest BCUT2D eigenvalue weighted by Crippen LogP contribution is 2.36. The van der Waals surface area contributed by atoms with E-state index in [1.165, 1.54) is 44.9 Å². The summed E-state index contributed by atoms with van der Waals surface area (Å²) in [4.78, 5) is 0. The van der Waals surface area contributed by atoms with Crippen LogP contribution in [-0.2, 0) is 0 Å². The minimum Gasteiger partial charge on any atom is -0.491 e. The molecule has 0 heterocycles. The highest BCUT2D eigenvalue weighted by molar-refractivity contribution is 5.35. The van der Waals surface area contributed by atoms with E-state index in [0.717, 1.165) is 12.8 Å². The molecule has 140 valence electrons. The van der Waals surface area contributed by atoms with Crippen LogP contribution >= 0.6 is 0 Å². The van der Waals surface area contributed by atoms with E-state index in [-0.39, 0.29) is 11.7 Å². The fraction of sp³-hybridized carbons (Fsp3) is 0.636. The van der Waals surface area contributed by atoms with Gasteiger partial charge in [-0.25, -0.2) is 4.39 Å². The van der Waals surface area contributed by atoms with E-state index in [0.29, 0.717) is 18.1 Å². The summed E-state index contributed by atoms with van der Waals surface area (Å²) in [6, 6.07) is 3.22. The van der Waals surface area contributed by atoms with Crippen LogP contribution in [0.2, 0.25) is 0 Å². The van der Waals surface area contributed by atoms with Crippen molar-refractivity contribution in [2.75, 3.05) is 6.61 Å². The van der Waals surface area contributed by atoms with E-state index in [9.17, 15) is 8.78 Å². The monoisotopic (exact) mass is 350 g/mol. The molecule has 0 saturated heterocycles. The van der Waals surface area contributed by atoms with Crippen molar-refractivity contribution in [3.8, 4) is 5.75 Å². The van der Waals surface area contributed by atoms with Gasteiger partial charge in [-0.1, -0.05) is 63.7 Å². The van der Waals surface area contributed by atoms with Gasteiger partial charge in [0.25, 0.3) is 0 Å². The molecule has 0 aliphatic heterocycles. The lowest BCUT2D eigenvalue weighted by Gasteiger charge is -2.24. The number of rotatable bonds is 10. The van der Waals surface area contributed by atoms with Gasteiger partial charge in [0.2, 0.25) is 5.82 Å². The second kappa shape index (κ2) is 10.6. The Morgan fingerprint density at radius 3 is 2.36 bits per heavy atom. The molecule has 1 nitrogen and oxygen atoms in total. The Kier molecular flexibility index (Phi) is 8.43. The van der Waals surface area contributed by atoms with Crippen LogP contribution in [0.3, 0.4) is 0 Å². The Labute approximate surface area is 151 Å². The number of hydrogen-bond donors (Lipinski definition) is 0. The topological polar surface area (TPSA) is 9.23 Å². The van der Waals surface area contributed by atoms with Crippen LogP contribution in [0.5, 0.6) is 5.75 Å². The van der Waals surface area contributed by atoms with Crippen molar-refractivity contribution in [3.63, 3.8) is 0 Å². The Hall–Kier alpha value is -1.38. The average Bonchev–Trinajstić information content (AvgIpc) is 2.63. The van der Waals surface area contributed by atoms with Gasteiger partial charge in [-0.3, -0.25) is 0 Å². The van der Waals surface area contributed by atoms with Crippen molar-refractivity contribution in [1.29, 1.82) is 0 Å². The van der Waals surface area contributed by atoms with Gasteiger partial charge >= 0.3 is 0 Å². The largest absolute Gasteiger partial charge is 0.491 e. The maximum Gasteiger partial charge on any atom is 0.200 e. The van der Waals surface area contributed by atoms with E-state index >= 15 is 0 Å². The summed E-state index contributed by atoms with van der Waals surface area (Å²) in [5, 5.41) is 0. The third-order valence-electron chi connectivity index (χ3n) is 5.17. The lowest BCUT2D eigenvalue weighted by Crippen LogP contribution is -2.10. The molecule has 1 aromatic carbocycles. The second-order valence-electron chi connectivity index (χ2n) is 7.10. The van der Waals surface area contributed by atoms with Crippen LogP contribution in [0, 0.1) is 17.6 Å². The zero-order chi connectivity index (χ0) is 18.1. The lowest BCUT2D eigenvalue weighted by atomic mass is 9.82. The van der Waals surface area contributed by atoms with Gasteiger partial charge in [0.15, 0.2) is 11.6 Å². The van der Waals surface area contributed by atoms with Crippen LogP contribution in [0.25, 0.3) is 0 Å². The molecule has 2 rings (SSSR count). The number of halogens is 2. The smallest absolute Gasteiger partial charge is 0.200 e. The summed E-state index contributed by atoms with van der Waals surface area (Å²) in [5.41, 5.74) is 0.454. The van der Waals surface area contributed by atoms with Gasteiger partial charge in [-0.2, -0.15) is 4.39 Å². The molecule has 1 aromatic rings. The molecule has 0 N–H and O–H groups in total. The Morgan fingerprint density at radius 2 is 1.68 bits per heavy atom. The number of unbranched alkanes of at least 4 members (excludes halogenated alkanes) is 5. The molecule has 0 aromatic heterocycles. The van der Waals surface area contributed by atoms with Gasteiger partial charge in [-0.15, -0.1) is 0 Å². The molecular formula is C22H32F2O. The molecule has 0 saturated carbocycles. The first kappa shape index (κ1) is 19.9. The molecule has 3 heteroatoms. The van der Waals surface area contributed by atoms with Gasteiger partial charge < -0.3 is 4.74 Å². The summed E-state index contributed by atoms with van der Waals surface area (Å²) in [6.45, 7) is 4.33. The van der Waals surface area contributed by atoms with E-state index in [4.69, 9.17) is 4.74 Å². The van der Waals surface area contributed by atoms with Crippen molar-refractivity contribution in [2.24, 2.45) is 5.92 Å². The van der Waals surface area contributed by atoms with Crippen LogP contribution in [0.1, 0.15) is 83.1 Å². The highest BCUT2D eigenvalue weighted by atomic mass is 19.2. The minimum atomic E-state index is -0.859. The Morgan fingerprint density at radius 1 is 0.920 bits per heavy atom. The third-order valence-corrected chi connectivity index (χ3v) is 5.17. The standard InChI is InChI=1S/C22H32F2O/c1-3-5-6-7-8-9-10-17-11-13-18(14-12-17)19-15-16-20(25-4-2)22(24)21(19)23/h11,13,15-18H,3-10,12,14H2,1-2H3. The molecule has 1 aliphatic rings. The maximum atomic E-state index is 14.3. The highest BCUT2D eigenvalue weighted by Gasteiger charge is 2.23. The van der Waals surface area contributed by atoms with Crippen molar-refractivity contribution in [3.05, 3.63) is 41.5 Å². The molecule has 25 heavy (non-hydrogen) atoms. The average molecular weight is 350 g/mol. The molecule has 2 atom stereocenters. The molecule has 0 radical (unpaired) electrons. The summed E-state index contributed by atoms with van der Waals surface area (Å²) < 4.78 is 33.5. The van der Waals surface area contributed by atoms with Crippen LogP contribution in [0.15, 0.2) is 24.3 Å². The molecule has 0 bridgehead atoms. The Balaban J connectivity index is 1.85. The van der Waals surface area contributed by atoms with Gasteiger partial charge in [0, 0.05) is 5.92 Å². The molecule has 1 aliphatic carbocycles. The van der Waals surface area contributed by atoms with E-state index in [2.05, 4.69) is 19.1 Å². The van der Waals surface area contributed by atoms with Crippen LogP contribution in [0.4, 0.5) is 8.78 Å². The first-order chi connectivity index (χ1) is 12.2. The minimum absolute atomic E-state index is 0.00416. The van der Waals surface area contributed by atoms with Gasteiger partial charge in [0.05, 0.1) is 6.61 Å². The normalized spacial score (nSPS) is 20.0. The molecule has 0 fully saturated rings. The molecule has 2 unspecified atom stereocenters. The Bertz CT molecular complexity index is 553. The SMILES string of the molecule is CCCCCCCCC1C=CC(c2ccc(OCC)c(F)c2F)CC1. The summed E-state index contributed by atoms with van der Waals surface area (Å²) >= 11 is 0. The summed E-state index contributed by atoms with van der Waals surface area (Å²) in [7, 11) is 0. The van der Waals surface area contributed by atoms with Gasteiger partial charge in [0.1, 0.15) is 0 Å². The number of benzene rings is 1. The predicted molar refractivity (Wildman–Crippen MR) is 100 cm³/mol. The number of allylic oxidation sites excluding steroid dienone is 2. The number of ether oxygens (including phenoxy) is 1. The summed E-state index contributed by atoms with van der Waals surface area (Å²) in [5.74, 6) is -1.04. The quantitative estimate of drug-likeness (QED) is 0.321. The van der Waals surface area contributed by atoms with E-state index < -0.39 is 11.6 Å². The lowest BCUT2D eigenvalue weighted by molar-refractivity contribution is 0.312. The van der Waals surface area contributed by atoms with Crippen molar-refractivity contribution >= 4 is 0 Å². The van der Waals surface area contributed by atoms with Crippen molar-refractivity contribution in [2.45, 2.75) is 77.6 Å². The van der Waals surface area contributed by atoms with E-state index in [1.54, 1.807) is 19.1 Å².